The van der Waals surface area contributed by atoms with Crippen molar-refractivity contribution < 1.29 is 9.53 Å². The van der Waals surface area contributed by atoms with Crippen LogP contribution >= 0.6 is 15.9 Å². The first-order valence-electron chi connectivity index (χ1n) is 5.81. The number of ether oxygens (including phenoxy) is 1. The average Bonchev–Trinajstić information content (AvgIpc) is 2.45. The van der Waals surface area contributed by atoms with Gasteiger partial charge in [-0.15, -0.1) is 0 Å². The number of halogens is 1. The van der Waals surface area contributed by atoms with Crippen LogP contribution in [0.15, 0.2) is 59.1 Å². The van der Waals surface area contributed by atoms with E-state index >= 15 is 0 Å². The van der Waals surface area contributed by atoms with E-state index < -0.39 is 0 Å². The van der Waals surface area contributed by atoms with E-state index in [0.717, 1.165) is 10.0 Å². The van der Waals surface area contributed by atoms with Crippen molar-refractivity contribution in [1.82, 2.24) is 0 Å². The van der Waals surface area contributed by atoms with Crippen LogP contribution in [0.3, 0.4) is 0 Å². The van der Waals surface area contributed by atoms with Crippen LogP contribution in [-0.2, 0) is 0 Å². The lowest BCUT2D eigenvalue weighted by atomic mass is 10.1. The number of methoxy groups -OCH3 is 1. The van der Waals surface area contributed by atoms with E-state index in [0.29, 0.717) is 11.3 Å². The molecule has 0 aliphatic carbocycles. The summed E-state index contributed by atoms with van der Waals surface area (Å²) in [6.07, 6.45) is 3.35. The molecule has 3 heteroatoms. The minimum Gasteiger partial charge on any atom is -0.496 e. The summed E-state index contributed by atoms with van der Waals surface area (Å²) in [5.74, 6) is 0.517. The Balaban J connectivity index is 2.21. The zero-order valence-electron chi connectivity index (χ0n) is 10.5. The molecular weight excluding hydrogens is 304 g/mol. The maximum atomic E-state index is 12.1. The molecule has 0 spiro atoms. The SMILES string of the molecule is COc1ccccc1C(=O)/C=C/c1cccc(Br)c1. The zero-order valence-corrected chi connectivity index (χ0v) is 12.1. The summed E-state index contributed by atoms with van der Waals surface area (Å²) in [5.41, 5.74) is 1.54. The molecule has 2 aromatic carbocycles. The third-order valence-corrected chi connectivity index (χ3v) is 3.14. The monoisotopic (exact) mass is 316 g/mol. The number of carbonyl (C=O) groups excluding carboxylic acids is 1. The van der Waals surface area contributed by atoms with E-state index in [2.05, 4.69) is 15.9 Å². The Hall–Kier alpha value is -1.87. The fourth-order valence-corrected chi connectivity index (χ4v) is 2.14. The Labute approximate surface area is 120 Å². The van der Waals surface area contributed by atoms with E-state index in [1.54, 1.807) is 31.4 Å². The third kappa shape index (κ3) is 3.55. The third-order valence-electron chi connectivity index (χ3n) is 2.65. The first-order valence-corrected chi connectivity index (χ1v) is 6.61. The van der Waals surface area contributed by atoms with Crippen molar-refractivity contribution in [2.24, 2.45) is 0 Å². The molecule has 0 fully saturated rings. The largest absolute Gasteiger partial charge is 0.496 e. The molecule has 0 N–H and O–H groups in total. The van der Waals surface area contributed by atoms with Crippen LogP contribution in [0.1, 0.15) is 15.9 Å². The molecule has 96 valence electrons. The highest BCUT2D eigenvalue weighted by atomic mass is 79.9. The van der Waals surface area contributed by atoms with E-state index in [-0.39, 0.29) is 5.78 Å². The quantitative estimate of drug-likeness (QED) is 0.619. The van der Waals surface area contributed by atoms with E-state index in [4.69, 9.17) is 4.74 Å². The Morgan fingerprint density at radius 3 is 2.68 bits per heavy atom. The normalized spacial score (nSPS) is 10.6. The second kappa shape index (κ2) is 6.34. The van der Waals surface area contributed by atoms with Crippen LogP contribution in [0.4, 0.5) is 0 Å². The molecule has 0 amide bonds. The summed E-state index contributed by atoms with van der Waals surface area (Å²) in [4.78, 5) is 12.1. The number of ketones is 1. The molecule has 0 radical (unpaired) electrons. The van der Waals surface area contributed by atoms with Gasteiger partial charge in [-0.3, -0.25) is 4.79 Å². The van der Waals surface area contributed by atoms with Crippen molar-refractivity contribution in [1.29, 1.82) is 0 Å². The summed E-state index contributed by atoms with van der Waals surface area (Å²) in [6.45, 7) is 0. The number of hydrogen-bond acceptors (Lipinski definition) is 2. The number of allylic oxidation sites excluding steroid dienone is 1. The second-order valence-corrected chi connectivity index (χ2v) is 4.87. The van der Waals surface area contributed by atoms with E-state index in [1.807, 2.05) is 36.4 Å². The number of hydrogen-bond donors (Lipinski definition) is 0. The molecule has 0 bridgehead atoms. The first-order chi connectivity index (χ1) is 9.20. The molecule has 0 aliphatic heterocycles. The van der Waals surface area contributed by atoms with Crippen LogP contribution in [0.25, 0.3) is 6.08 Å². The molecule has 0 atom stereocenters. The predicted molar refractivity (Wildman–Crippen MR) is 80.5 cm³/mol. The molecule has 0 unspecified atom stereocenters. The van der Waals surface area contributed by atoms with Gasteiger partial charge in [-0.05, 0) is 35.9 Å². The van der Waals surface area contributed by atoms with Crippen LogP contribution in [0, 0.1) is 0 Å². The zero-order chi connectivity index (χ0) is 13.7. The number of rotatable bonds is 4. The minimum absolute atomic E-state index is 0.0718. The first kappa shape index (κ1) is 13.6. The Morgan fingerprint density at radius 1 is 1.16 bits per heavy atom. The molecule has 2 rings (SSSR count). The van der Waals surface area contributed by atoms with Gasteiger partial charge in [0.2, 0.25) is 0 Å². The second-order valence-electron chi connectivity index (χ2n) is 3.95. The fraction of sp³-hybridized carbons (Fsp3) is 0.0625. The maximum absolute atomic E-state index is 12.1. The van der Waals surface area contributed by atoms with Gasteiger partial charge in [0.05, 0.1) is 12.7 Å². The average molecular weight is 317 g/mol. The van der Waals surface area contributed by atoms with Crippen LogP contribution in [0.5, 0.6) is 5.75 Å². The lowest BCUT2D eigenvalue weighted by Gasteiger charge is -2.04. The molecule has 2 nitrogen and oxygen atoms in total. The Bertz CT molecular complexity index is 618. The lowest BCUT2D eigenvalue weighted by molar-refractivity contribution is 0.104. The van der Waals surface area contributed by atoms with Gasteiger partial charge in [0.15, 0.2) is 5.78 Å². The number of para-hydroxylation sites is 1. The summed E-state index contributed by atoms with van der Waals surface area (Å²) >= 11 is 3.40. The van der Waals surface area contributed by atoms with Crippen molar-refractivity contribution in [3.8, 4) is 5.75 Å². The predicted octanol–water partition coefficient (Wildman–Crippen LogP) is 4.35. The van der Waals surface area contributed by atoms with Gasteiger partial charge in [0, 0.05) is 4.47 Å². The van der Waals surface area contributed by atoms with Gasteiger partial charge < -0.3 is 4.74 Å². The standard InChI is InChI=1S/C16H13BrO2/c1-19-16-8-3-2-7-14(16)15(18)10-9-12-5-4-6-13(17)11-12/h2-11H,1H3/b10-9+. The topological polar surface area (TPSA) is 26.3 Å². The van der Waals surface area contributed by atoms with Gasteiger partial charge in [-0.25, -0.2) is 0 Å². The van der Waals surface area contributed by atoms with Gasteiger partial charge in [-0.2, -0.15) is 0 Å². The van der Waals surface area contributed by atoms with Crippen molar-refractivity contribution in [2.75, 3.05) is 7.11 Å². The summed E-state index contributed by atoms with van der Waals surface area (Å²) in [6, 6.07) is 15.0. The number of carbonyl (C=O) groups is 1. The minimum atomic E-state index is -0.0718. The van der Waals surface area contributed by atoms with Crippen LogP contribution in [0.2, 0.25) is 0 Å². The Morgan fingerprint density at radius 2 is 1.95 bits per heavy atom. The summed E-state index contributed by atoms with van der Waals surface area (Å²) in [7, 11) is 1.56. The van der Waals surface area contributed by atoms with Crippen LogP contribution < -0.4 is 4.74 Å². The van der Waals surface area contributed by atoms with Crippen molar-refractivity contribution >= 4 is 27.8 Å². The molecule has 0 aromatic heterocycles. The molecular formula is C16H13BrO2. The molecule has 2 aromatic rings. The molecule has 0 aliphatic rings. The van der Waals surface area contributed by atoms with Crippen molar-refractivity contribution in [3.05, 3.63) is 70.2 Å². The highest BCUT2D eigenvalue weighted by molar-refractivity contribution is 9.10. The molecule has 19 heavy (non-hydrogen) atoms. The lowest BCUT2D eigenvalue weighted by Crippen LogP contribution is -1.98. The van der Waals surface area contributed by atoms with E-state index in [9.17, 15) is 4.79 Å². The Kier molecular flexibility index (Phi) is 4.53. The van der Waals surface area contributed by atoms with Gasteiger partial charge in [0.1, 0.15) is 5.75 Å². The summed E-state index contributed by atoms with van der Waals surface area (Å²) < 4.78 is 6.16. The fourth-order valence-electron chi connectivity index (χ4n) is 1.72. The molecule has 0 saturated carbocycles. The van der Waals surface area contributed by atoms with Gasteiger partial charge >= 0.3 is 0 Å². The highest BCUT2D eigenvalue weighted by Crippen LogP contribution is 2.19. The van der Waals surface area contributed by atoms with Crippen molar-refractivity contribution in [3.63, 3.8) is 0 Å². The smallest absolute Gasteiger partial charge is 0.189 e. The highest BCUT2D eigenvalue weighted by Gasteiger charge is 2.07. The molecule has 0 heterocycles. The maximum Gasteiger partial charge on any atom is 0.189 e. The van der Waals surface area contributed by atoms with E-state index in [1.165, 1.54) is 0 Å². The number of benzene rings is 2. The van der Waals surface area contributed by atoms with Gasteiger partial charge in [-0.1, -0.05) is 46.3 Å². The summed E-state index contributed by atoms with van der Waals surface area (Å²) in [5, 5.41) is 0. The van der Waals surface area contributed by atoms with Crippen LogP contribution in [-0.4, -0.2) is 12.9 Å². The molecule has 0 saturated heterocycles. The van der Waals surface area contributed by atoms with Gasteiger partial charge in [0.25, 0.3) is 0 Å². The van der Waals surface area contributed by atoms with Crippen molar-refractivity contribution in [2.45, 2.75) is 0 Å².